The fourth-order valence-corrected chi connectivity index (χ4v) is 4.68. The van der Waals surface area contributed by atoms with Crippen LogP contribution >= 0.6 is 7.80 Å². The van der Waals surface area contributed by atoms with E-state index in [4.69, 9.17) is 4.74 Å². The second-order valence-electron chi connectivity index (χ2n) is 6.38. The van der Waals surface area contributed by atoms with Crippen molar-refractivity contribution in [2.45, 2.75) is 77.5 Å². The molecule has 1 saturated carbocycles. The van der Waals surface area contributed by atoms with E-state index >= 15 is 0 Å². The van der Waals surface area contributed by atoms with Crippen LogP contribution in [0.3, 0.4) is 0 Å². The van der Waals surface area contributed by atoms with Crippen LogP contribution in [0.15, 0.2) is 11.6 Å². The van der Waals surface area contributed by atoms with Crippen LogP contribution in [0.5, 0.6) is 0 Å². The quantitative estimate of drug-likeness (QED) is 0.312. The van der Waals surface area contributed by atoms with Crippen LogP contribution in [0.25, 0.3) is 0 Å². The summed E-state index contributed by atoms with van der Waals surface area (Å²) in [4.78, 5) is 11.5. The Kier molecular flexibility index (Phi) is 10.4. The zero-order valence-electron chi connectivity index (χ0n) is 14.6. The maximum atomic E-state index is 12.6. The van der Waals surface area contributed by atoms with Crippen molar-refractivity contribution in [3.05, 3.63) is 11.6 Å². The van der Waals surface area contributed by atoms with Crippen molar-refractivity contribution in [3.63, 3.8) is 0 Å². The standard InChI is InChI=1S/C18H31O4P/c1-3-5-7-12-17(22-4-2)23(21)14-16(18(19)20)13-15-10-8-6-9-11-15/h13,15,17H,3-12,14H2,1-2H3/p+1. The van der Waals surface area contributed by atoms with Crippen LogP contribution in [0.1, 0.15) is 71.6 Å². The Morgan fingerprint density at radius 3 is 2.52 bits per heavy atom. The van der Waals surface area contributed by atoms with E-state index in [1.807, 2.05) is 13.0 Å². The lowest BCUT2D eigenvalue weighted by Crippen LogP contribution is -2.14. The van der Waals surface area contributed by atoms with Crippen molar-refractivity contribution < 1.29 is 19.2 Å². The van der Waals surface area contributed by atoms with Crippen molar-refractivity contribution in [3.8, 4) is 0 Å². The minimum atomic E-state index is -1.69. The Bertz CT molecular complexity index is 400. The summed E-state index contributed by atoms with van der Waals surface area (Å²) in [6.45, 7) is 4.55. The molecule has 23 heavy (non-hydrogen) atoms. The van der Waals surface area contributed by atoms with E-state index in [1.54, 1.807) is 0 Å². The molecule has 4 nitrogen and oxygen atoms in total. The smallest absolute Gasteiger partial charge is 0.375 e. The van der Waals surface area contributed by atoms with E-state index in [1.165, 1.54) is 19.3 Å². The van der Waals surface area contributed by atoms with Crippen LogP contribution in [-0.4, -0.2) is 29.7 Å². The number of carboxylic acid groups (broad SMARTS) is 1. The summed E-state index contributed by atoms with van der Waals surface area (Å²) in [5.41, 5.74) is 0.318. The first-order valence-electron chi connectivity index (χ1n) is 9.07. The molecule has 5 heteroatoms. The molecule has 2 atom stereocenters. The fourth-order valence-electron chi connectivity index (χ4n) is 3.12. The van der Waals surface area contributed by atoms with Gasteiger partial charge in [-0.1, -0.05) is 49.7 Å². The number of hydrogen-bond donors (Lipinski definition) is 1. The molecule has 0 aromatic rings. The minimum Gasteiger partial charge on any atom is -0.478 e. The minimum absolute atomic E-state index is 0.137. The third-order valence-electron chi connectivity index (χ3n) is 4.42. The van der Waals surface area contributed by atoms with Gasteiger partial charge < -0.3 is 9.84 Å². The maximum absolute atomic E-state index is 12.6. The van der Waals surface area contributed by atoms with E-state index in [-0.39, 0.29) is 12.0 Å². The topological polar surface area (TPSA) is 63.6 Å². The van der Waals surface area contributed by atoms with Gasteiger partial charge in [0.2, 0.25) is 0 Å². The highest BCUT2D eigenvalue weighted by atomic mass is 31.1. The highest BCUT2D eigenvalue weighted by Crippen LogP contribution is 2.36. The van der Waals surface area contributed by atoms with E-state index < -0.39 is 13.8 Å². The average molecular weight is 343 g/mol. The van der Waals surface area contributed by atoms with E-state index in [2.05, 4.69) is 6.92 Å². The van der Waals surface area contributed by atoms with Gasteiger partial charge in [-0.15, -0.1) is 0 Å². The van der Waals surface area contributed by atoms with Crippen molar-refractivity contribution >= 4 is 13.8 Å². The Hall–Kier alpha value is -0.730. The molecule has 1 N–H and O–H groups in total. The number of carboxylic acids is 1. The van der Waals surface area contributed by atoms with Crippen LogP contribution in [0, 0.1) is 5.92 Å². The molecule has 0 aromatic carbocycles. The summed E-state index contributed by atoms with van der Waals surface area (Å²) in [6, 6.07) is 0. The van der Waals surface area contributed by atoms with Gasteiger partial charge in [-0.2, -0.15) is 0 Å². The van der Waals surface area contributed by atoms with Gasteiger partial charge in [-0.25, -0.2) is 4.79 Å². The van der Waals surface area contributed by atoms with Crippen LogP contribution in [-0.2, 0) is 14.1 Å². The Morgan fingerprint density at radius 1 is 1.26 bits per heavy atom. The average Bonchev–Trinajstić information content (AvgIpc) is 2.54. The summed E-state index contributed by atoms with van der Waals surface area (Å²) in [7, 11) is -1.69. The highest BCUT2D eigenvalue weighted by molar-refractivity contribution is 7.45. The van der Waals surface area contributed by atoms with E-state index in [0.717, 1.165) is 38.5 Å². The number of aliphatic carboxylic acids is 1. The summed E-state index contributed by atoms with van der Waals surface area (Å²) in [5, 5.41) is 9.44. The summed E-state index contributed by atoms with van der Waals surface area (Å²) in [6.07, 6.45) is 11.6. The van der Waals surface area contributed by atoms with Gasteiger partial charge in [0.15, 0.2) is 6.16 Å². The molecule has 0 bridgehead atoms. The van der Waals surface area contributed by atoms with Gasteiger partial charge in [0.1, 0.15) is 0 Å². The van der Waals surface area contributed by atoms with Gasteiger partial charge in [-0.3, -0.25) is 0 Å². The lowest BCUT2D eigenvalue weighted by molar-refractivity contribution is -0.132. The molecule has 2 unspecified atom stereocenters. The molecular weight excluding hydrogens is 311 g/mol. The highest BCUT2D eigenvalue weighted by Gasteiger charge is 2.33. The number of allylic oxidation sites excluding steroid dienone is 1. The molecule has 1 rings (SSSR count). The van der Waals surface area contributed by atoms with Gasteiger partial charge >= 0.3 is 13.8 Å². The van der Waals surface area contributed by atoms with E-state index in [0.29, 0.717) is 18.1 Å². The normalized spacial score (nSPS) is 18.7. The van der Waals surface area contributed by atoms with Gasteiger partial charge in [0, 0.05) is 13.0 Å². The molecule has 0 spiro atoms. The predicted molar refractivity (Wildman–Crippen MR) is 94.3 cm³/mol. The first-order valence-corrected chi connectivity index (χ1v) is 10.6. The summed E-state index contributed by atoms with van der Waals surface area (Å²) >= 11 is 0. The number of rotatable bonds is 11. The van der Waals surface area contributed by atoms with Crippen molar-refractivity contribution in [2.24, 2.45) is 5.92 Å². The van der Waals surface area contributed by atoms with Gasteiger partial charge in [0.05, 0.1) is 5.57 Å². The van der Waals surface area contributed by atoms with Crippen molar-refractivity contribution in [1.29, 1.82) is 0 Å². The SMILES string of the molecule is CCCCCC(OCC)[P+](=O)CC(=CC1CCCCC1)C(=O)O. The van der Waals surface area contributed by atoms with Crippen molar-refractivity contribution in [1.82, 2.24) is 0 Å². The van der Waals surface area contributed by atoms with Crippen LogP contribution in [0.4, 0.5) is 0 Å². The maximum Gasteiger partial charge on any atom is 0.375 e. The lowest BCUT2D eigenvalue weighted by Gasteiger charge is -2.18. The number of hydrogen-bond acceptors (Lipinski definition) is 3. The second kappa shape index (κ2) is 11.8. The molecule has 0 saturated heterocycles. The molecule has 0 aromatic heterocycles. The number of unbranched alkanes of at least 4 members (excludes halogenated alkanes) is 2. The molecular formula is C18H32O4P+. The molecule has 1 aliphatic rings. The lowest BCUT2D eigenvalue weighted by atomic mass is 9.88. The first kappa shape index (κ1) is 20.3. The van der Waals surface area contributed by atoms with Gasteiger partial charge in [-0.05, 0) is 32.1 Å². The Morgan fingerprint density at radius 2 is 1.96 bits per heavy atom. The Labute approximate surface area is 141 Å². The molecule has 0 radical (unpaired) electrons. The summed E-state index contributed by atoms with van der Waals surface area (Å²) in [5.74, 6) is -0.901. The first-order chi connectivity index (χ1) is 11.1. The van der Waals surface area contributed by atoms with Crippen molar-refractivity contribution in [2.75, 3.05) is 12.8 Å². The largest absolute Gasteiger partial charge is 0.478 e. The van der Waals surface area contributed by atoms with Gasteiger partial charge in [0.25, 0.3) is 5.85 Å². The second-order valence-corrected chi connectivity index (χ2v) is 8.10. The Balaban J connectivity index is 2.66. The molecule has 0 heterocycles. The van der Waals surface area contributed by atoms with Crippen LogP contribution < -0.4 is 0 Å². The zero-order chi connectivity index (χ0) is 17.1. The molecule has 1 aliphatic carbocycles. The predicted octanol–water partition coefficient (Wildman–Crippen LogP) is 5.35. The third-order valence-corrected chi connectivity index (χ3v) is 6.12. The fraction of sp³-hybridized carbons (Fsp3) is 0.833. The van der Waals surface area contributed by atoms with E-state index in [9.17, 15) is 14.5 Å². The molecule has 0 aliphatic heterocycles. The molecule has 0 amide bonds. The molecule has 132 valence electrons. The monoisotopic (exact) mass is 343 g/mol. The third kappa shape index (κ3) is 8.08. The molecule has 1 fully saturated rings. The van der Waals surface area contributed by atoms with Crippen LogP contribution in [0.2, 0.25) is 0 Å². The number of carbonyl (C=O) groups is 1. The number of ether oxygens (including phenoxy) is 1. The zero-order valence-corrected chi connectivity index (χ0v) is 15.5. The summed E-state index contributed by atoms with van der Waals surface area (Å²) < 4.78 is 18.2.